The van der Waals surface area contributed by atoms with Crippen molar-refractivity contribution >= 4 is 11.8 Å². The molecule has 1 aliphatic heterocycles. The maximum Gasteiger partial charge on any atom is 0.339 e. The largest absolute Gasteiger partial charge is 0.465 e. The highest BCUT2D eigenvalue weighted by Crippen LogP contribution is 2.24. The molecule has 1 aliphatic rings. The minimum atomic E-state index is -0.359. The number of piperidine rings is 1. The van der Waals surface area contributed by atoms with Gasteiger partial charge in [0, 0.05) is 19.0 Å². The Balaban J connectivity index is 2.17. The predicted molar refractivity (Wildman–Crippen MR) is 76.9 cm³/mol. The van der Waals surface area contributed by atoms with Crippen molar-refractivity contribution < 1.29 is 14.6 Å². The molecule has 1 N–H and O–H groups in total. The Hall–Kier alpha value is -1.62. The lowest BCUT2D eigenvalue weighted by atomic mass is 9.93. The van der Waals surface area contributed by atoms with E-state index >= 15 is 0 Å². The van der Waals surface area contributed by atoms with Crippen LogP contribution in [0.4, 0.5) is 5.82 Å². The summed E-state index contributed by atoms with van der Waals surface area (Å²) in [6.07, 6.45) is 1.80. The van der Waals surface area contributed by atoms with E-state index in [1.807, 2.05) is 19.9 Å². The van der Waals surface area contributed by atoms with Gasteiger partial charge in [-0.25, -0.2) is 9.78 Å². The molecule has 0 spiro atoms. The zero-order valence-electron chi connectivity index (χ0n) is 12.3. The van der Waals surface area contributed by atoms with Crippen molar-refractivity contribution in [2.24, 2.45) is 5.92 Å². The fourth-order valence-electron chi connectivity index (χ4n) is 2.66. The molecule has 2 unspecified atom stereocenters. The van der Waals surface area contributed by atoms with Crippen molar-refractivity contribution in [1.82, 2.24) is 4.98 Å². The second-order valence-corrected chi connectivity index (χ2v) is 5.38. The van der Waals surface area contributed by atoms with Gasteiger partial charge in [-0.05, 0) is 38.8 Å². The van der Waals surface area contributed by atoms with Crippen LogP contribution in [0.5, 0.6) is 0 Å². The Kier molecular flexibility index (Phi) is 4.60. The van der Waals surface area contributed by atoms with Crippen LogP contribution in [0, 0.1) is 12.8 Å². The van der Waals surface area contributed by atoms with Gasteiger partial charge in [0.1, 0.15) is 5.82 Å². The van der Waals surface area contributed by atoms with Crippen molar-refractivity contribution in [2.75, 3.05) is 25.1 Å². The van der Waals surface area contributed by atoms with Crippen molar-refractivity contribution in [1.29, 1.82) is 0 Å². The van der Waals surface area contributed by atoms with Gasteiger partial charge in [-0.2, -0.15) is 0 Å². The van der Waals surface area contributed by atoms with Gasteiger partial charge in [-0.15, -0.1) is 0 Å². The molecule has 0 aromatic carbocycles. The van der Waals surface area contributed by atoms with E-state index in [-0.39, 0.29) is 18.0 Å². The highest BCUT2D eigenvalue weighted by atomic mass is 16.5. The van der Waals surface area contributed by atoms with Crippen LogP contribution in [0.1, 0.15) is 35.8 Å². The number of hydrogen-bond donors (Lipinski definition) is 1. The molecule has 1 fully saturated rings. The number of esters is 1. The Bertz CT molecular complexity index is 488. The van der Waals surface area contributed by atoms with Gasteiger partial charge < -0.3 is 14.7 Å². The van der Waals surface area contributed by atoms with Crippen LogP contribution in [-0.2, 0) is 4.74 Å². The second kappa shape index (κ2) is 6.22. The number of aliphatic hydroxyl groups is 1. The predicted octanol–water partition coefficient (Wildman–Crippen LogP) is 1.77. The smallest absolute Gasteiger partial charge is 0.339 e. The SMILES string of the molecule is COC(=O)c1ccc(N2CCCC(C(C)O)C2)nc1C. The number of carbonyl (C=O) groups excluding carboxylic acids is 1. The van der Waals surface area contributed by atoms with Crippen LogP contribution in [0.15, 0.2) is 12.1 Å². The minimum Gasteiger partial charge on any atom is -0.465 e. The number of aliphatic hydroxyl groups excluding tert-OH is 1. The van der Waals surface area contributed by atoms with Gasteiger partial charge >= 0.3 is 5.97 Å². The molecule has 20 heavy (non-hydrogen) atoms. The third-order valence-corrected chi connectivity index (χ3v) is 3.94. The zero-order valence-corrected chi connectivity index (χ0v) is 12.3. The average molecular weight is 278 g/mol. The molecule has 0 saturated carbocycles. The highest BCUT2D eigenvalue weighted by molar-refractivity contribution is 5.90. The van der Waals surface area contributed by atoms with Gasteiger partial charge in [0.2, 0.25) is 0 Å². The molecule has 0 radical (unpaired) electrons. The quantitative estimate of drug-likeness (QED) is 0.854. The molecular weight excluding hydrogens is 256 g/mol. The summed E-state index contributed by atoms with van der Waals surface area (Å²) in [7, 11) is 1.37. The van der Waals surface area contributed by atoms with Gasteiger partial charge in [0.25, 0.3) is 0 Å². The van der Waals surface area contributed by atoms with Crippen LogP contribution in [0.3, 0.4) is 0 Å². The molecule has 1 aromatic heterocycles. The Labute approximate surface area is 119 Å². The van der Waals surface area contributed by atoms with Crippen LogP contribution >= 0.6 is 0 Å². The van der Waals surface area contributed by atoms with E-state index < -0.39 is 0 Å². The zero-order chi connectivity index (χ0) is 14.7. The Morgan fingerprint density at radius 3 is 2.90 bits per heavy atom. The molecule has 0 amide bonds. The summed E-state index contributed by atoms with van der Waals surface area (Å²) in [5.74, 6) is 0.786. The second-order valence-electron chi connectivity index (χ2n) is 5.38. The van der Waals surface area contributed by atoms with Crippen LogP contribution in [0.2, 0.25) is 0 Å². The molecule has 2 rings (SSSR count). The van der Waals surface area contributed by atoms with E-state index in [0.717, 1.165) is 31.7 Å². The number of aromatic nitrogens is 1. The highest BCUT2D eigenvalue weighted by Gasteiger charge is 2.24. The van der Waals surface area contributed by atoms with Gasteiger partial charge in [0.15, 0.2) is 0 Å². The topological polar surface area (TPSA) is 62.7 Å². The first-order valence-electron chi connectivity index (χ1n) is 7.02. The molecule has 5 nitrogen and oxygen atoms in total. The molecule has 1 aromatic rings. The maximum absolute atomic E-state index is 11.6. The van der Waals surface area contributed by atoms with E-state index in [9.17, 15) is 9.90 Å². The first-order chi connectivity index (χ1) is 9.52. The molecule has 0 bridgehead atoms. The van der Waals surface area contributed by atoms with Crippen LogP contribution < -0.4 is 4.90 Å². The Morgan fingerprint density at radius 2 is 2.30 bits per heavy atom. The van der Waals surface area contributed by atoms with E-state index in [4.69, 9.17) is 4.74 Å². The number of hydrogen-bond acceptors (Lipinski definition) is 5. The molecule has 0 aliphatic carbocycles. The number of pyridine rings is 1. The number of methoxy groups -OCH3 is 1. The van der Waals surface area contributed by atoms with Crippen molar-refractivity contribution in [3.63, 3.8) is 0 Å². The summed E-state index contributed by atoms with van der Waals surface area (Å²) in [4.78, 5) is 18.2. The number of anilines is 1. The lowest BCUT2D eigenvalue weighted by Gasteiger charge is -2.35. The maximum atomic E-state index is 11.6. The fourth-order valence-corrected chi connectivity index (χ4v) is 2.66. The Morgan fingerprint density at radius 1 is 1.55 bits per heavy atom. The van der Waals surface area contributed by atoms with E-state index in [0.29, 0.717) is 11.3 Å². The molecule has 1 saturated heterocycles. The van der Waals surface area contributed by atoms with Crippen molar-refractivity contribution in [3.8, 4) is 0 Å². The fraction of sp³-hybridized carbons (Fsp3) is 0.600. The summed E-state index contributed by atoms with van der Waals surface area (Å²) in [5.41, 5.74) is 1.17. The van der Waals surface area contributed by atoms with Crippen molar-refractivity contribution in [2.45, 2.75) is 32.8 Å². The van der Waals surface area contributed by atoms with E-state index in [1.54, 1.807) is 6.07 Å². The summed E-state index contributed by atoms with van der Waals surface area (Å²) in [6, 6.07) is 3.61. The first-order valence-corrected chi connectivity index (χ1v) is 7.02. The van der Waals surface area contributed by atoms with E-state index in [1.165, 1.54) is 7.11 Å². The number of nitrogens with zero attached hydrogens (tertiary/aromatic N) is 2. The number of rotatable bonds is 3. The van der Waals surface area contributed by atoms with Gasteiger partial charge in [0.05, 0.1) is 24.5 Å². The number of aryl methyl sites for hydroxylation is 1. The van der Waals surface area contributed by atoms with Crippen molar-refractivity contribution in [3.05, 3.63) is 23.4 Å². The van der Waals surface area contributed by atoms with E-state index in [2.05, 4.69) is 9.88 Å². The lowest BCUT2D eigenvalue weighted by Crippen LogP contribution is -2.40. The molecule has 2 atom stereocenters. The molecule has 5 heteroatoms. The number of ether oxygens (including phenoxy) is 1. The third kappa shape index (κ3) is 3.10. The first kappa shape index (κ1) is 14.8. The monoisotopic (exact) mass is 278 g/mol. The number of carbonyl (C=O) groups is 1. The lowest BCUT2D eigenvalue weighted by molar-refractivity contribution is 0.0599. The summed E-state index contributed by atoms with van der Waals surface area (Å²) < 4.78 is 4.73. The molecule has 110 valence electrons. The molecule has 2 heterocycles. The third-order valence-electron chi connectivity index (χ3n) is 3.94. The summed E-state index contributed by atoms with van der Waals surface area (Å²) in [5, 5.41) is 9.74. The van der Waals surface area contributed by atoms with Gasteiger partial charge in [-0.3, -0.25) is 0 Å². The summed E-state index contributed by atoms with van der Waals surface area (Å²) >= 11 is 0. The average Bonchev–Trinajstić information content (AvgIpc) is 2.46. The minimum absolute atomic E-state index is 0.283. The molecular formula is C15H22N2O3. The summed E-state index contributed by atoms with van der Waals surface area (Å²) in [6.45, 7) is 5.40. The van der Waals surface area contributed by atoms with Gasteiger partial charge in [-0.1, -0.05) is 0 Å². The van der Waals surface area contributed by atoms with Crippen LogP contribution in [-0.4, -0.2) is 42.4 Å². The van der Waals surface area contributed by atoms with Crippen LogP contribution in [0.25, 0.3) is 0 Å². The standard InChI is InChI=1S/C15H22N2O3/c1-10-13(15(19)20-3)6-7-14(16-10)17-8-4-5-12(9-17)11(2)18/h6-7,11-12,18H,4-5,8-9H2,1-3H3. The normalized spacial score (nSPS) is 20.6.